The molecule has 0 radical (unpaired) electrons. The number of ether oxygens (including phenoxy) is 2. The monoisotopic (exact) mass is 630 g/mol. The molecule has 2 aliphatic rings. The fourth-order valence-electron chi connectivity index (χ4n) is 6.78. The molecule has 1 aliphatic carbocycles. The van der Waals surface area contributed by atoms with Crippen molar-refractivity contribution in [2.45, 2.75) is 32.2 Å². The Kier molecular flexibility index (Phi) is 7.59. The Bertz CT molecular complexity index is 1920. The number of nitrogen functional groups attached to an aromatic ring is 1. The molecule has 3 aromatic carbocycles. The zero-order valence-electron chi connectivity index (χ0n) is 25.1. The average Bonchev–Trinajstić information content (AvgIpc) is 3.79. The molecular formula is C34H33F3N6O3. The summed E-state index contributed by atoms with van der Waals surface area (Å²) < 4.78 is 53.1. The molecule has 0 bridgehead atoms. The molecule has 3 heterocycles. The molecule has 7 rings (SSSR count). The smallest absolute Gasteiger partial charge is 0.272 e. The molecule has 1 saturated heterocycles. The van der Waals surface area contributed by atoms with Crippen molar-refractivity contribution < 1.29 is 27.4 Å². The predicted octanol–water partition coefficient (Wildman–Crippen LogP) is 6.22. The number of aryl methyl sites for hydroxylation is 1. The molecule has 1 saturated carbocycles. The van der Waals surface area contributed by atoms with E-state index in [1.165, 1.54) is 23.0 Å². The molecule has 2 unspecified atom stereocenters. The van der Waals surface area contributed by atoms with Gasteiger partial charge in [-0.15, -0.1) is 0 Å². The van der Waals surface area contributed by atoms with Crippen molar-refractivity contribution >= 4 is 28.2 Å². The van der Waals surface area contributed by atoms with E-state index in [1.807, 2.05) is 13.0 Å². The van der Waals surface area contributed by atoms with Crippen LogP contribution in [-0.2, 0) is 0 Å². The van der Waals surface area contributed by atoms with Gasteiger partial charge in [0, 0.05) is 30.0 Å². The second-order valence-electron chi connectivity index (χ2n) is 12.1. The molecule has 9 nitrogen and oxygen atoms in total. The number of halogens is 3. The van der Waals surface area contributed by atoms with Crippen LogP contribution in [0.5, 0.6) is 17.2 Å². The summed E-state index contributed by atoms with van der Waals surface area (Å²) in [6.45, 7) is 2.64. The number of nitrogens with two attached hydrogens (primary N) is 2. The predicted molar refractivity (Wildman–Crippen MR) is 169 cm³/mol. The zero-order valence-corrected chi connectivity index (χ0v) is 25.1. The highest BCUT2D eigenvalue weighted by atomic mass is 19.3. The lowest BCUT2D eigenvalue weighted by atomic mass is 10.0. The number of rotatable bonds is 9. The standard InChI is InChI=1S/C34H33F3N6O3/c1-18-8-23(46-30-5-3-2-4-25(30)35)6-7-28(18)43-34(39)24(14-40-43)33(44)27-11-19-12-31(45-17-32(36)37)29(13-26(19)41-27)42-15-20-9-22(38)10-21(20)16-42/h2-8,11-14,20-22,32,41H,9-10,15-17,38-39H2,1H3. The Labute approximate surface area is 262 Å². The number of hydrogen-bond acceptors (Lipinski definition) is 7. The summed E-state index contributed by atoms with van der Waals surface area (Å²) in [7, 11) is 0. The van der Waals surface area contributed by atoms with E-state index in [1.54, 1.807) is 42.5 Å². The number of aromatic nitrogens is 3. The maximum Gasteiger partial charge on any atom is 0.272 e. The maximum atomic E-state index is 14.1. The van der Waals surface area contributed by atoms with Gasteiger partial charge >= 0.3 is 0 Å². The van der Waals surface area contributed by atoms with Gasteiger partial charge in [0.1, 0.15) is 23.9 Å². The van der Waals surface area contributed by atoms with Gasteiger partial charge in [-0.1, -0.05) is 12.1 Å². The third kappa shape index (κ3) is 5.53. The average molecular weight is 631 g/mol. The Balaban J connectivity index is 1.15. The number of benzene rings is 3. The van der Waals surface area contributed by atoms with Crippen molar-refractivity contribution in [3.05, 3.63) is 89.5 Å². The molecule has 12 heteroatoms. The van der Waals surface area contributed by atoms with Gasteiger partial charge < -0.3 is 30.8 Å². The van der Waals surface area contributed by atoms with Gasteiger partial charge in [-0.3, -0.25) is 4.79 Å². The van der Waals surface area contributed by atoms with Crippen molar-refractivity contribution in [2.24, 2.45) is 17.6 Å². The van der Waals surface area contributed by atoms with Crippen molar-refractivity contribution in [2.75, 3.05) is 30.3 Å². The summed E-state index contributed by atoms with van der Waals surface area (Å²) in [6.07, 6.45) is 0.667. The van der Waals surface area contributed by atoms with Crippen LogP contribution in [0.15, 0.2) is 66.9 Å². The third-order valence-corrected chi connectivity index (χ3v) is 8.95. The van der Waals surface area contributed by atoms with Gasteiger partial charge in [0.15, 0.2) is 11.6 Å². The summed E-state index contributed by atoms with van der Waals surface area (Å²) in [5.74, 6) is 1.07. The number of alkyl halides is 2. The number of carbonyl (C=O) groups excluding carboxylic acids is 1. The summed E-state index contributed by atoms with van der Waals surface area (Å²) in [5, 5.41) is 5.02. The first-order valence-electron chi connectivity index (χ1n) is 15.1. The van der Waals surface area contributed by atoms with Crippen LogP contribution in [0, 0.1) is 24.6 Å². The van der Waals surface area contributed by atoms with E-state index in [0.717, 1.165) is 31.5 Å². The van der Waals surface area contributed by atoms with Gasteiger partial charge in [0.25, 0.3) is 6.43 Å². The van der Waals surface area contributed by atoms with Crippen molar-refractivity contribution in [1.82, 2.24) is 14.8 Å². The number of para-hydroxylation sites is 1. The number of ketones is 1. The lowest BCUT2D eigenvalue weighted by Crippen LogP contribution is -2.25. The summed E-state index contributed by atoms with van der Waals surface area (Å²) >= 11 is 0. The molecule has 5 N–H and O–H groups in total. The Morgan fingerprint density at radius 2 is 1.80 bits per heavy atom. The Hall–Kier alpha value is -4.97. The van der Waals surface area contributed by atoms with Crippen LogP contribution in [0.4, 0.5) is 24.7 Å². The van der Waals surface area contributed by atoms with Crippen LogP contribution in [0.1, 0.15) is 34.5 Å². The summed E-state index contributed by atoms with van der Waals surface area (Å²) in [4.78, 5) is 19.0. The fourth-order valence-corrected chi connectivity index (χ4v) is 6.78. The Morgan fingerprint density at radius 3 is 2.52 bits per heavy atom. The van der Waals surface area contributed by atoms with E-state index < -0.39 is 18.8 Å². The van der Waals surface area contributed by atoms with E-state index in [9.17, 15) is 18.0 Å². The second kappa shape index (κ2) is 11.8. The van der Waals surface area contributed by atoms with Crippen LogP contribution in [0.25, 0.3) is 16.6 Å². The van der Waals surface area contributed by atoms with Crippen LogP contribution in [-0.4, -0.2) is 52.7 Å². The molecule has 0 spiro atoms. The number of carbonyl (C=O) groups is 1. The molecule has 2 aromatic heterocycles. The van der Waals surface area contributed by atoms with Crippen molar-refractivity contribution in [3.63, 3.8) is 0 Å². The van der Waals surface area contributed by atoms with E-state index >= 15 is 0 Å². The van der Waals surface area contributed by atoms with Crippen LogP contribution in [0.3, 0.4) is 0 Å². The van der Waals surface area contributed by atoms with E-state index in [2.05, 4.69) is 15.0 Å². The molecule has 2 atom stereocenters. The molecule has 1 aliphatic heterocycles. The number of aromatic amines is 1. The van der Waals surface area contributed by atoms with Gasteiger partial charge in [-0.05, 0) is 85.7 Å². The maximum absolute atomic E-state index is 14.1. The third-order valence-electron chi connectivity index (χ3n) is 8.95. The largest absolute Gasteiger partial charge is 0.485 e. The first-order chi connectivity index (χ1) is 22.1. The first kappa shape index (κ1) is 29.7. The van der Waals surface area contributed by atoms with E-state index in [-0.39, 0.29) is 34.6 Å². The number of anilines is 2. The fraction of sp³-hybridized carbons (Fsp3) is 0.294. The van der Waals surface area contributed by atoms with Crippen molar-refractivity contribution in [3.8, 4) is 22.9 Å². The topological polar surface area (TPSA) is 124 Å². The van der Waals surface area contributed by atoms with E-state index in [0.29, 0.717) is 45.6 Å². The Morgan fingerprint density at radius 1 is 1.04 bits per heavy atom. The number of nitrogens with zero attached hydrogens (tertiary/aromatic N) is 3. The van der Waals surface area contributed by atoms with Gasteiger partial charge in [0.05, 0.1) is 28.8 Å². The quantitative estimate of drug-likeness (QED) is 0.165. The number of fused-ring (bicyclic) bond motifs is 2. The number of nitrogens with one attached hydrogen (secondary N) is 1. The highest BCUT2D eigenvalue weighted by molar-refractivity contribution is 6.12. The lowest BCUT2D eigenvalue weighted by Gasteiger charge is -2.23. The number of H-pyrrole nitrogens is 1. The van der Waals surface area contributed by atoms with Crippen LogP contribution < -0.4 is 25.8 Å². The van der Waals surface area contributed by atoms with Gasteiger partial charge in [0.2, 0.25) is 5.78 Å². The molecule has 2 fully saturated rings. The molecule has 46 heavy (non-hydrogen) atoms. The SMILES string of the molecule is Cc1cc(Oc2ccccc2F)ccc1-n1ncc(C(=O)c2cc3cc(OCC(F)F)c(N4CC5CC(N)CC5C4)cc3[nH]2)c1N. The van der Waals surface area contributed by atoms with Gasteiger partial charge in [-0.2, -0.15) is 5.10 Å². The van der Waals surface area contributed by atoms with E-state index in [4.69, 9.17) is 20.9 Å². The molecule has 238 valence electrons. The minimum absolute atomic E-state index is 0.104. The van der Waals surface area contributed by atoms with Gasteiger partial charge in [-0.25, -0.2) is 17.9 Å². The number of hydrogen-bond donors (Lipinski definition) is 3. The highest BCUT2D eigenvalue weighted by Crippen LogP contribution is 2.43. The molecule has 0 amide bonds. The molecule has 5 aromatic rings. The van der Waals surface area contributed by atoms with Crippen LogP contribution in [0.2, 0.25) is 0 Å². The van der Waals surface area contributed by atoms with Crippen LogP contribution >= 0.6 is 0 Å². The molecular weight excluding hydrogens is 597 g/mol. The normalized spacial score (nSPS) is 19.3. The minimum Gasteiger partial charge on any atom is -0.485 e. The highest BCUT2D eigenvalue weighted by Gasteiger charge is 2.40. The zero-order chi connectivity index (χ0) is 32.1. The second-order valence-corrected chi connectivity index (χ2v) is 12.1. The summed E-state index contributed by atoms with van der Waals surface area (Å²) in [6, 6.07) is 16.7. The first-order valence-corrected chi connectivity index (χ1v) is 15.1. The minimum atomic E-state index is -2.62. The summed E-state index contributed by atoms with van der Waals surface area (Å²) in [5.41, 5.74) is 15.8. The lowest BCUT2D eigenvalue weighted by molar-refractivity contribution is 0.0822. The van der Waals surface area contributed by atoms with Crippen molar-refractivity contribution in [1.29, 1.82) is 0 Å².